The molecule has 7 heteroatoms. The molecule has 0 amide bonds. The molecular formula is C10H10N2O4S. The molecular weight excluding hydrogens is 244 g/mol. The maximum absolute atomic E-state index is 11.9. The van der Waals surface area contributed by atoms with Gasteiger partial charge in [0.25, 0.3) is 10.0 Å². The number of hydrogen-bond donors (Lipinski definition) is 0. The topological polar surface area (TPSA) is 77.9 Å². The van der Waals surface area contributed by atoms with Crippen LogP contribution >= 0.6 is 0 Å². The highest BCUT2D eigenvalue weighted by Crippen LogP contribution is 2.32. The number of aromatic nitrogens is 1. The molecule has 0 bridgehead atoms. The molecule has 2 aliphatic rings. The lowest BCUT2D eigenvalue weighted by molar-refractivity contribution is 0.102. The van der Waals surface area contributed by atoms with Gasteiger partial charge in [0.15, 0.2) is 10.5 Å². The first-order chi connectivity index (χ1) is 8.11. The van der Waals surface area contributed by atoms with Gasteiger partial charge in [-0.25, -0.2) is 4.98 Å². The molecule has 2 aliphatic heterocycles. The Morgan fingerprint density at radius 2 is 2.29 bits per heavy atom. The Bertz CT molecular complexity index is 576. The predicted octanol–water partition coefficient (Wildman–Crippen LogP) is 0.393. The van der Waals surface area contributed by atoms with E-state index in [0.717, 1.165) is 0 Å². The lowest BCUT2D eigenvalue weighted by atomic mass is 10.1. The van der Waals surface area contributed by atoms with E-state index in [1.165, 1.54) is 18.5 Å². The quantitative estimate of drug-likeness (QED) is 0.669. The largest absolute Gasteiger partial charge is 0.462 e. The standard InChI is InChI=1S/C10H10N2O4S/c13-17(14)8-2-1-4-11-9(8)16-10(6-12-17)3-5-15-7-10/h1-2,4,6H,3,5,7H2/t10-/m1/s1. The zero-order chi connectivity index (χ0) is 11.9. The molecule has 17 heavy (non-hydrogen) atoms. The Morgan fingerprint density at radius 3 is 3.06 bits per heavy atom. The van der Waals surface area contributed by atoms with Gasteiger partial charge >= 0.3 is 0 Å². The molecule has 6 nitrogen and oxygen atoms in total. The van der Waals surface area contributed by atoms with E-state index in [1.54, 1.807) is 6.07 Å². The first-order valence-corrected chi connectivity index (χ1v) is 6.59. The normalized spacial score (nSPS) is 29.6. The van der Waals surface area contributed by atoms with Gasteiger partial charge in [-0.15, -0.1) is 0 Å². The minimum atomic E-state index is -3.72. The Morgan fingerprint density at radius 1 is 1.41 bits per heavy atom. The molecule has 0 saturated carbocycles. The number of sulfonamides is 1. The molecule has 0 aromatic carbocycles. The van der Waals surface area contributed by atoms with Gasteiger partial charge < -0.3 is 9.47 Å². The molecule has 0 radical (unpaired) electrons. The number of hydrogen-bond acceptors (Lipinski definition) is 5. The summed E-state index contributed by atoms with van der Waals surface area (Å²) in [6, 6.07) is 2.97. The van der Waals surface area contributed by atoms with Gasteiger partial charge in [0.05, 0.1) is 19.4 Å². The fraction of sp³-hybridized carbons (Fsp3) is 0.400. The van der Waals surface area contributed by atoms with Crippen molar-refractivity contribution >= 4 is 16.2 Å². The molecule has 1 aromatic rings. The van der Waals surface area contributed by atoms with Crippen LogP contribution in [0.3, 0.4) is 0 Å². The van der Waals surface area contributed by atoms with Crippen LogP contribution in [-0.2, 0) is 14.8 Å². The third kappa shape index (κ3) is 1.71. The summed E-state index contributed by atoms with van der Waals surface area (Å²) in [5.41, 5.74) is -0.799. The average Bonchev–Trinajstić information content (AvgIpc) is 2.72. The summed E-state index contributed by atoms with van der Waals surface area (Å²) in [5, 5.41) is 0. The zero-order valence-corrected chi connectivity index (χ0v) is 9.68. The molecule has 3 rings (SSSR count). The van der Waals surface area contributed by atoms with Gasteiger partial charge in [0.2, 0.25) is 5.88 Å². The number of fused-ring (bicyclic) bond motifs is 1. The van der Waals surface area contributed by atoms with Gasteiger partial charge in [0.1, 0.15) is 0 Å². The van der Waals surface area contributed by atoms with Crippen molar-refractivity contribution in [1.82, 2.24) is 4.98 Å². The van der Waals surface area contributed by atoms with E-state index in [4.69, 9.17) is 9.47 Å². The van der Waals surface area contributed by atoms with E-state index >= 15 is 0 Å². The van der Waals surface area contributed by atoms with Gasteiger partial charge in [0, 0.05) is 12.6 Å². The molecule has 3 heterocycles. The van der Waals surface area contributed by atoms with Crippen molar-refractivity contribution < 1.29 is 17.9 Å². The first-order valence-electron chi connectivity index (χ1n) is 5.15. The summed E-state index contributed by atoms with van der Waals surface area (Å²) in [5.74, 6) is 0.0931. The monoisotopic (exact) mass is 254 g/mol. The van der Waals surface area contributed by atoms with Crippen LogP contribution in [0, 0.1) is 0 Å². The fourth-order valence-corrected chi connectivity index (χ4v) is 2.84. The maximum Gasteiger partial charge on any atom is 0.287 e. The maximum atomic E-state index is 11.9. The third-order valence-electron chi connectivity index (χ3n) is 2.76. The SMILES string of the molecule is O=S1(=O)N=C[C@@]2(CCOC2)Oc2ncccc21. The van der Waals surface area contributed by atoms with E-state index in [1.807, 2.05) is 0 Å². The van der Waals surface area contributed by atoms with Crippen molar-refractivity contribution in [2.75, 3.05) is 13.2 Å². The highest BCUT2D eigenvalue weighted by molar-refractivity contribution is 7.90. The first kappa shape index (κ1) is 10.7. The average molecular weight is 254 g/mol. The third-order valence-corrected chi connectivity index (χ3v) is 4.01. The van der Waals surface area contributed by atoms with Crippen molar-refractivity contribution in [3.05, 3.63) is 18.3 Å². The van der Waals surface area contributed by atoms with Crippen molar-refractivity contribution in [2.24, 2.45) is 4.40 Å². The van der Waals surface area contributed by atoms with Crippen molar-refractivity contribution in [3.63, 3.8) is 0 Å². The smallest absolute Gasteiger partial charge is 0.287 e. The fourth-order valence-electron chi connectivity index (χ4n) is 1.83. The highest BCUT2D eigenvalue weighted by atomic mass is 32.2. The molecule has 0 N–H and O–H groups in total. The zero-order valence-electron chi connectivity index (χ0n) is 8.87. The Hall–Kier alpha value is -1.47. The van der Waals surface area contributed by atoms with Crippen LogP contribution < -0.4 is 4.74 Å². The van der Waals surface area contributed by atoms with E-state index in [2.05, 4.69) is 9.38 Å². The number of nitrogens with zero attached hydrogens (tertiary/aromatic N) is 2. The summed E-state index contributed by atoms with van der Waals surface area (Å²) < 4.78 is 38.3. The van der Waals surface area contributed by atoms with Crippen molar-refractivity contribution in [1.29, 1.82) is 0 Å². The summed E-state index contributed by atoms with van der Waals surface area (Å²) in [4.78, 5) is 3.96. The molecule has 0 unspecified atom stereocenters. The van der Waals surface area contributed by atoms with Crippen LogP contribution in [-0.4, -0.2) is 38.4 Å². The number of ether oxygens (including phenoxy) is 2. The Balaban J connectivity index is 2.18. The molecule has 1 saturated heterocycles. The summed E-state index contributed by atoms with van der Waals surface area (Å²) in [6.07, 6.45) is 3.38. The van der Waals surface area contributed by atoms with E-state index in [0.29, 0.717) is 19.6 Å². The van der Waals surface area contributed by atoms with Crippen LogP contribution in [0.4, 0.5) is 0 Å². The molecule has 1 aromatic heterocycles. The van der Waals surface area contributed by atoms with Crippen LogP contribution in [0.2, 0.25) is 0 Å². The van der Waals surface area contributed by atoms with Crippen LogP contribution in [0.5, 0.6) is 5.88 Å². The second kappa shape index (κ2) is 3.51. The van der Waals surface area contributed by atoms with Crippen molar-refractivity contribution in [3.8, 4) is 5.88 Å². The van der Waals surface area contributed by atoms with Gasteiger partial charge in [-0.1, -0.05) is 0 Å². The van der Waals surface area contributed by atoms with Crippen LogP contribution in [0.15, 0.2) is 27.6 Å². The Kier molecular flexibility index (Phi) is 2.20. The predicted molar refractivity (Wildman–Crippen MR) is 58.7 cm³/mol. The summed E-state index contributed by atoms with van der Waals surface area (Å²) in [7, 11) is -3.72. The minimum absolute atomic E-state index is 0.0000231. The highest BCUT2D eigenvalue weighted by Gasteiger charge is 2.40. The summed E-state index contributed by atoms with van der Waals surface area (Å²) >= 11 is 0. The molecule has 0 aliphatic carbocycles. The molecule has 1 atom stereocenters. The second-order valence-electron chi connectivity index (χ2n) is 3.99. The Labute approximate surface area is 98.3 Å². The summed E-state index contributed by atoms with van der Waals surface area (Å²) in [6.45, 7) is 0.816. The van der Waals surface area contributed by atoms with E-state index < -0.39 is 15.6 Å². The van der Waals surface area contributed by atoms with Gasteiger partial charge in [-0.3, -0.25) is 0 Å². The van der Waals surface area contributed by atoms with Crippen LogP contribution in [0.1, 0.15) is 6.42 Å². The number of pyridine rings is 1. The second-order valence-corrected chi connectivity index (χ2v) is 5.59. The molecule has 1 fully saturated rings. The lowest BCUT2D eigenvalue weighted by Gasteiger charge is -2.21. The molecule has 90 valence electrons. The number of rotatable bonds is 0. The van der Waals surface area contributed by atoms with Gasteiger partial charge in [-0.05, 0) is 12.1 Å². The van der Waals surface area contributed by atoms with Crippen molar-refractivity contribution in [2.45, 2.75) is 16.9 Å². The lowest BCUT2D eigenvalue weighted by Crippen LogP contribution is -2.38. The molecule has 1 spiro atoms. The van der Waals surface area contributed by atoms with Crippen LogP contribution in [0.25, 0.3) is 0 Å². The van der Waals surface area contributed by atoms with E-state index in [9.17, 15) is 8.42 Å². The van der Waals surface area contributed by atoms with Gasteiger partial charge in [-0.2, -0.15) is 12.8 Å². The minimum Gasteiger partial charge on any atom is -0.462 e. The van der Waals surface area contributed by atoms with E-state index in [-0.39, 0.29) is 10.8 Å².